The number of aliphatic hydroxyl groups excluding tert-OH is 2. The molecular formula is C102H129F7O15. The molecule has 8 unspecified atom stereocenters. The summed E-state index contributed by atoms with van der Waals surface area (Å²) in [7, 11) is 0. The van der Waals surface area contributed by atoms with Gasteiger partial charge in [-0.3, -0.25) is 47.9 Å². The van der Waals surface area contributed by atoms with Crippen LogP contribution in [0.3, 0.4) is 0 Å². The fraction of sp³-hybridized carbons (Fsp3) is 0.706. The number of rotatable bonds is 14. The Morgan fingerprint density at radius 1 is 0.419 bits per heavy atom. The van der Waals surface area contributed by atoms with Gasteiger partial charge in [0.05, 0.1) is 0 Å². The number of Topliss-reactive ketones (excluding diaryl/α,β-unsaturated/α-hetero) is 4. The molecule has 0 spiro atoms. The Kier molecular flexibility index (Phi) is 23.1. The van der Waals surface area contributed by atoms with Crippen molar-refractivity contribution in [2.24, 2.45) is 142 Å². The molecule has 18 rings (SSSR count). The molecule has 18 aliphatic carbocycles. The highest BCUT2D eigenvalue weighted by Crippen LogP contribution is 2.77. The highest BCUT2D eigenvalue weighted by Gasteiger charge is 2.78. The van der Waals surface area contributed by atoms with Crippen molar-refractivity contribution in [2.75, 3.05) is 26.4 Å². The molecule has 0 aliphatic heterocycles. The maximum Gasteiger partial charge on any atom is 0.453 e. The van der Waals surface area contributed by atoms with Gasteiger partial charge in [-0.1, -0.05) is 163 Å². The molecule has 18 aliphatic rings. The Hall–Kier alpha value is -6.91. The van der Waals surface area contributed by atoms with Gasteiger partial charge in [-0.25, -0.2) is 8.78 Å². The summed E-state index contributed by atoms with van der Waals surface area (Å²) in [4.78, 5) is 123. The van der Waals surface area contributed by atoms with Crippen molar-refractivity contribution in [2.45, 2.75) is 281 Å². The molecule has 676 valence electrons. The maximum absolute atomic E-state index is 15.1. The molecule has 0 radical (unpaired) electrons. The van der Waals surface area contributed by atoms with Gasteiger partial charge in [0.25, 0.3) is 0 Å². The van der Waals surface area contributed by atoms with Crippen LogP contribution in [0.5, 0.6) is 0 Å². The number of alkyl halides is 7. The van der Waals surface area contributed by atoms with E-state index in [1.165, 1.54) is 72.6 Å². The maximum atomic E-state index is 15.1. The van der Waals surface area contributed by atoms with Crippen molar-refractivity contribution < 1.29 is 103 Å². The Balaban J connectivity index is 0.000000128. The summed E-state index contributed by atoms with van der Waals surface area (Å²) in [6.45, 7) is 22.9. The first-order valence-corrected chi connectivity index (χ1v) is 46.1. The molecule has 0 aromatic carbocycles. The van der Waals surface area contributed by atoms with Gasteiger partial charge in [0, 0.05) is 81.8 Å². The number of hydrogen-bond donors (Lipinski definition) is 3. The largest absolute Gasteiger partial charge is 0.458 e. The van der Waals surface area contributed by atoms with Crippen LogP contribution in [0.15, 0.2) is 117 Å². The van der Waals surface area contributed by atoms with Crippen LogP contribution in [-0.2, 0) is 57.4 Å². The smallest absolute Gasteiger partial charge is 0.453 e. The van der Waals surface area contributed by atoms with E-state index in [0.29, 0.717) is 80.5 Å². The van der Waals surface area contributed by atoms with Crippen molar-refractivity contribution in [1.82, 2.24) is 0 Å². The van der Waals surface area contributed by atoms with E-state index >= 15 is 8.78 Å². The average molecular weight is 1730 g/mol. The number of halogens is 7. The highest BCUT2D eigenvalue weighted by molar-refractivity contribution is 6.02. The molecule has 15 nitrogen and oxygen atoms in total. The van der Waals surface area contributed by atoms with Crippen molar-refractivity contribution in [3.05, 3.63) is 117 Å². The predicted octanol–water partition coefficient (Wildman–Crippen LogP) is 19.4. The third kappa shape index (κ3) is 13.5. The van der Waals surface area contributed by atoms with Gasteiger partial charge >= 0.3 is 24.0 Å². The second-order valence-corrected chi connectivity index (χ2v) is 43.6. The summed E-state index contributed by atoms with van der Waals surface area (Å²) in [5.74, 6) is -11.8. The van der Waals surface area contributed by atoms with Gasteiger partial charge in [-0.05, 0) is 273 Å². The molecular weight excluding hydrogens is 1600 g/mol. The lowest BCUT2D eigenvalue weighted by Gasteiger charge is -2.55. The number of ketones is 8. The topological polar surface area (TPSA) is 250 Å². The first-order valence-electron chi connectivity index (χ1n) is 46.1. The van der Waals surface area contributed by atoms with Crippen LogP contribution in [0.1, 0.15) is 257 Å². The molecule has 0 saturated heterocycles. The minimum absolute atomic E-state index is 0.0187. The lowest BCUT2D eigenvalue weighted by molar-refractivity contribution is -0.312. The Labute approximate surface area is 725 Å². The first-order chi connectivity index (χ1) is 57.8. The van der Waals surface area contributed by atoms with Gasteiger partial charge < -0.3 is 24.8 Å². The third-order valence-corrected chi connectivity index (χ3v) is 38.8. The van der Waals surface area contributed by atoms with Gasteiger partial charge in [0.1, 0.15) is 18.8 Å². The molecule has 0 bridgehead atoms. The summed E-state index contributed by atoms with van der Waals surface area (Å²) in [5, 5.41) is 31.1. The number of ether oxygens (including phenoxy) is 2. The minimum Gasteiger partial charge on any atom is -0.458 e. The number of carbonyl (C=O) groups is 10. The average Bonchev–Trinajstić information content (AvgIpc) is 1.51. The Morgan fingerprint density at radius 3 is 1.19 bits per heavy atom. The van der Waals surface area contributed by atoms with Crippen molar-refractivity contribution in [3.8, 4) is 0 Å². The molecule has 0 aromatic rings. The van der Waals surface area contributed by atoms with Crippen molar-refractivity contribution in [1.29, 1.82) is 0 Å². The number of esters is 2. The molecule has 3 N–H and O–H groups in total. The van der Waals surface area contributed by atoms with Crippen LogP contribution in [0, 0.1) is 142 Å². The summed E-state index contributed by atoms with van der Waals surface area (Å²) < 4.78 is 111. The van der Waals surface area contributed by atoms with Crippen LogP contribution < -0.4 is 0 Å². The van der Waals surface area contributed by atoms with E-state index in [1.807, 2.05) is 38.2 Å². The van der Waals surface area contributed by atoms with Gasteiger partial charge in [0.15, 0.2) is 59.5 Å². The van der Waals surface area contributed by atoms with Gasteiger partial charge in [0.2, 0.25) is 5.92 Å². The normalized spacial score (nSPS) is 43.1. The number of allylic oxidation sites excluding steroid dienone is 20. The summed E-state index contributed by atoms with van der Waals surface area (Å²) in [6, 6.07) is 0. The Bertz CT molecular complexity index is 4860. The van der Waals surface area contributed by atoms with Crippen LogP contribution in [0.2, 0.25) is 0 Å². The van der Waals surface area contributed by atoms with E-state index in [1.54, 1.807) is 32.1 Å². The molecule has 24 atom stereocenters. The van der Waals surface area contributed by atoms with Gasteiger partial charge in [-0.15, -0.1) is 0 Å². The van der Waals surface area contributed by atoms with Crippen LogP contribution in [0.4, 0.5) is 30.7 Å². The monoisotopic (exact) mass is 1730 g/mol. The molecule has 22 heteroatoms. The predicted molar refractivity (Wildman–Crippen MR) is 450 cm³/mol. The zero-order chi connectivity index (χ0) is 90.4. The van der Waals surface area contributed by atoms with Crippen LogP contribution >= 0.6 is 0 Å². The zero-order valence-electron chi connectivity index (χ0n) is 74.9. The summed E-state index contributed by atoms with van der Waals surface area (Å²) in [5.41, 5.74) is 1.11. The minimum atomic E-state index is -5.83. The van der Waals surface area contributed by atoms with E-state index < -0.39 is 123 Å². The van der Waals surface area contributed by atoms with Crippen LogP contribution in [0.25, 0.3) is 0 Å². The summed E-state index contributed by atoms with van der Waals surface area (Å²) in [6.07, 6.45) is 36.5. The highest BCUT2D eigenvalue weighted by atomic mass is 19.4. The van der Waals surface area contributed by atoms with Gasteiger partial charge in [-0.2, -0.15) is 22.0 Å². The van der Waals surface area contributed by atoms with E-state index in [4.69, 9.17) is 9.47 Å². The second-order valence-electron chi connectivity index (χ2n) is 43.6. The van der Waals surface area contributed by atoms with Crippen molar-refractivity contribution >= 4 is 58.2 Å². The quantitative estimate of drug-likeness (QED) is 0.0831. The third-order valence-electron chi connectivity index (χ3n) is 38.8. The van der Waals surface area contributed by atoms with E-state index in [0.717, 1.165) is 108 Å². The first kappa shape index (κ1) is 91.8. The number of hydrogen-bond acceptors (Lipinski definition) is 15. The van der Waals surface area contributed by atoms with E-state index in [9.17, 15) is 85.2 Å². The number of aliphatic hydroxyl groups is 3. The van der Waals surface area contributed by atoms with E-state index in [2.05, 4.69) is 65.8 Å². The standard InChI is InChI=1S/C28H36O4.C26H29F5O4.C24H32F2O3.C24H32O4/c1-17(29)32-16-25(31)28(4)23(18-6-5-7-18)15-24-21-9-8-19-14-20(30)10-12-26(19,2)22(21)11-13-27(24,28)3;1-14(32)35-13-21(34)24(4)20(25(27,28)26(29,30)31)12-19-17-6-5-15-11-16(33)7-9-22(15,2)18(17)8-10-23(19,24)3;1-21-9-7-15(28)11-14(21)5-6-16-17(21)8-10-22(2)18(16)12-19(24(4,25)26)23(22,3)20(29)13-27;1-22-9-7-16(26)11-15(22)5-6-17-18(22)8-10-23(2)20(17)12-19(14-3-4-14)24(23,28)21(27)13-25/h10-12,14,18,21,23-24H,5-9,13,15-16H2,1-4H3;7-9,11,17,19-20H,5-6,10,12-13H2,1-4H3;8,11,16,18-19,27H,5-7,9-10,12-13H2,1-4H3;8,11,14,17,19-20,25,28H,3-7,9-10,12-13H2,1-2H3/t21?,23-,24?,26-,27-,28+;17?,19?,20-,22+,23+,24-;16?,18?,19-,21+,22+,23-;17?,19-,20?,22-,23-,24-/m0110/s1. The fourth-order valence-corrected chi connectivity index (χ4v) is 30.7. The lowest BCUT2D eigenvalue weighted by Crippen LogP contribution is -2.58. The second kappa shape index (κ2) is 31.2. The summed E-state index contributed by atoms with van der Waals surface area (Å²) >= 11 is 0. The number of fused-ring (bicyclic) bond motifs is 20. The Morgan fingerprint density at radius 2 is 0.782 bits per heavy atom. The lowest BCUT2D eigenvalue weighted by atomic mass is 9.48. The molecule has 124 heavy (non-hydrogen) atoms. The molecule has 0 heterocycles. The molecule has 0 amide bonds. The molecule has 10 fully saturated rings. The van der Waals surface area contributed by atoms with Crippen molar-refractivity contribution in [3.63, 3.8) is 0 Å². The molecule has 0 aromatic heterocycles. The zero-order valence-corrected chi connectivity index (χ0v) is 74.9. The number of carbonyl (C=O) groups excluding carboxylic acids is 10. The SMILES string of the molecule is CC(=O)OCC(=O)[C@@]1(C)[C@H](C(F)(F)C(F)(F)F)CC2C3CCC4=CC(=O)C=C[C@]4(C)C3=CC[C@@]21C.CC(=O)OCC(=O)[C@@]1(C)[C@H](C2CCC2)CC2C3CCC4=CC(=O)C=C[C@]4(C)C3=CC[C@@]21C.CC(F)(F)[C@@H]1CC2C3CCC4=CC(=O)CC[C@]4(C)C3=CC[C@]2(C)[C@@]1(C)C(=O)CO.C[C@]12CCC(=O)C=C1CCC1C2=CC[C@@]2(C)C1C[C@@H](C1CC1)[C@]2(O)C(=O)CO. The van der Waals surface area contributed by atoms with E-state index in [-0.39, 0.29) is 105 Å². The van der Waals surface area contributed by atoms with Crippen LogP contribution in [-0.4, -0.2) is 124 Å². The molecule has 10 saturated carbocycles. The fourth-order valence-electron chi connectivity index (χ4n) is 30.7.